The van der Waals surface area contributed by atoms with Gasteiger partial charge in [0, 0.05) is 11.8 Å². The third-order valence-electron chi connectivity index (χ3n) is 2.01. The molecule has 0 saturated heterocycles. The van der Waals surface area contributed by atoms with Gasteiger partial charge in [0.2, 0.25) is 0 Å². The predicted molar refractivity (Wildman–Crippen MR) is 63.9 cm³/mol. The van der Waals surface area contributed by atoms with Crippen LogP contribution in [0.3, 0.4) is 0 Å². The normalized spacial score (nSPS) is 9.61. The fourth-order valence-corrected chi connectivity index (χ4v) is 1.13. The molecule has 0 aliphatic carbocycles. The number of ether oxygens (including phenoxy) is 3. The Morgan fingerprint density at radius 3 is 2.72 bits per heavy atom. The number of carbonyl (C=O) groups is 2. The lowest BCUT2D eigenvalue weighted by Crippen LogP contribution is -2.16. The Labute approximate surface area is 105 Å². The van der Waals surface area contributed by atoms with Gasteiger partial charge in [0.15, 0.2) is 6.61 Å². The van der Waals surface area contributed by atoms with E-state index in [-0.39, 0.29) is 19.6 Å². The zero-order valence-corrected chi connectivity index (χ0v) is 10.0. The Morgan fingerprint density at radius 1 is 1.28 bits per heavy atom. The molecule has 0 radical (unpaired) electrons. The number of benzene rings is 1. The number of carbonyl (C=O) groups excluding carboxylic acids is 2. The number of esters is 2. The molecule has 98 valence electrons. The first kappa shape index (κ1) is 13.8. The van der Waals surface area contributed by atoms with Crippen molar-refractivity contribution in [2.45, 2.75) is 6.42 Å². The van der Waals surface area contributed by atoms with Crippen molar-refractivity contribution >= 4 is 17.6 Å². The lowest BCUT2D eigenvalue weighted by atomic mass is 10.3. The van der Waals surface area contributed by atoms with Crippen molar-refractivity contribution in [2.24, 2.45) is 0 Å². The van der Waals surface area contributed by atoms with Crippen LogP contribution in [0, 0.1) is 0 Å². The van der Waals surface area contributed by atoms with Crippen molar-refractivity contribution in [1.82, 2.24) is 0 Å². The van der Waals surface area contributed by atoms with Crippen LogP contribution in [-0.4, -0.2) is 32.3 Å². The zero-order valence-electron chi connectivity index (χ0n) is 10.0. The highest BCUT2D eigenvalue weighted by molar-refractivity contribution is 5.76. The van der Waals surface area contributed by atoms with Crippen LogP contribution in [0.2, 0.25) is 0 Å². The van der Waals surface area contributed by atoms with Crippen molar-refractivity contribution in [1.29, 1.82) is 0 Å². The highest BCUT2D eigenvalue weighted by Crippen LogP contribution is 2.14. The molecule has 0 aromatic heterocycles. The predicted octanol–water partition coefficient (Wildman–Crippen LogP) is 0.754. The monoisotopic (exact) mass is 253 g/mol. The summed E-state index contributed by atoms with van der Waals surface area (Å²) in [6, 6.07) is 6.87. The maximum atomic E-state index is 11.2. The van der Waals surface area contributed by atoms with E-state index in [9.17, 15) is 9.59 Å². The van der Waals surface area contributed by atoms with Gasteiger partial charge >= 0.3 is 11.9 Å². The molecule has 0 aliphatic heterocycles. The average molecular weight is 253 g/mol. The summed E-state index contributed by atoms with van der Waals surface area (Å²) in [5, 5.41) is 0. The molecule has 1 rings (SSSR count). The fourth-order valence-electron chi connectivity index (χ4n) is 1.13. The largest absolute Gasteiger partial charge is 0.493 e. The summed E-state index contributed by atoms with van der Waals surface area (Å²) in [4.78, 5) is 21.9. The van der Waals surface area contributed by atoms with E-state index in [2.05, 4.69) is 9.47 Å². The minimum atomic E-state index is -0.597. The van der Waals surface area contributed by atoms with Crippen LogP contribution in [0.25, 0.3) is 0 Å². The minimum Gasteiger partial charge on any atom is -0.493 e. The van der Waals surface area contributed by atoms with Crippen LogP contribution < -0.4 is 10.5 Å². The van der Waals surface area contributed by atoms with E-state index >= 15 is 0 Å². The van der Waals surface area contributed by atoms with Gasteiger partial charge < -0.3 is 19.9 Å². The number of nitrogens with two attached hydrogens (primary N) is 1. The zero-order chi connectivity index (χ0) is 13.4. The van der Waals surface area contributed by atoms with Gasteiger partial charge in [0.25, 0.3) is 0 Å². The van der Waals surface area contributed by atoms with Crippen LogP contribution in [0.15, 0.2) is 24.3 Å². The smallest absolute Gasteiger partial charge is 0.344 e. The Hall–Kier alpha value is -2.24. The van der Waals surface area contributed by atoms with Crippen molar-refractivity contribution in [2.75, 3.05) is 26.1 Å². The topological polar surface area (TPSA) is 87.8 Å². The molecule has 0 heterocycles. The summed E-state index contributed by atoms with van der Waals surface area (Å²) >= 11 is 0. The quantitative estimate of drug-likeness (QED) is 0.594. The molecular formula is C12H15NO5. The van der Waals surface area contributed by atoms with Gasteiger partial charge in [0.1, 0.15) is 5.75 Å². The number of hydrogen-bond donors (Lipinski definition) is 1. The standard InChI is InChI=1S/C12H15NO5/c1-16-12(15)8-18-11(14)5-6-17-10-4-2-3-9(13)7-10/h2-4,7H,5-6,8,13H2,1H3. The molecule has 1 aromatic rings. The summed E-state index contributed by atoms with van der Waals surface area (Å²) in [5.41, 5.74) is 6.15. The third-order valence-corrected chi connectivity index (χ3v) is 2.01. The Kier molecular flexibility index (Phi) is 5.50. The minimum absolute atomic E-state index is 0.0474. The molecule has 2 N–H and O–H groups in total. The SMILES string of the molecule is COC(=O)COC(=O)CCOc1cccc(N)c1. The van der Waals surface area contributed by atoms with Gasteiger partial charge in [-0.05, 0) is 12.1 Å². The number of anilines is 1. The molecule has 0 bridgehead atoms. The molecule has 0 atom stereocenters. The van der Waals surface area contributed by atoms with Crippen molar-refractivity contribution < 1.29 is 23.8 Å². The lowest BCUT2D eigenvalue weighted by Gasteiger charge is -2.06. The van der Waals surface area contributed by atoms with Gasteiger partial charge in [0.05, 0.1) is 20.1 Å². The van der Waals surface area contributed by atoms with E-state index in [4.69, 9.17) is 10.5 Å². The van der Waals surface area contributed by atoms with Gasteiger partial charge in [-0.3, -0.25) is 4.79 Å². The van der Waals surface area contributed by atoms with E-state index < -0.39 is 11.9 Å². The summed E-state index contributed by atoms with van der Waals surface area (Å²) in [6.45, 7) is -0.225. The lowest BCUT2D eigenvalue weighted by molar-refractivity contribution is -0.157. The Bertz CT molecular complexity index is 419. The molecule has 0 amide bonds. The maximum Gasteiger partial charge on any atom is 0.344 e. The van der Waals surface area contributed by atoms with Crippen molar-refractivity contribution in [3.05, 3.63) is 24.3 Å². The second-order valence-electron chi connectivity index (χ2n) is 3.41. The van der Waals surface area contributed by atoms with Gasteiger partial charge in [-0.1, -0.05) is 6.07 Å². The molecule has 18 heavy (non-hydrogen) atoms. The van der Waals surface area contributed by atoms with Crippen LogP contribution >= 0.6 is 0 Å². The highest BCUT2D eigenvalue weighted by Gasteiger charge is 2.07. The second-order valence-corrected chi connectivity index (χ2v) is 3.41. The highest BCUT2D eigenvalue weighted by atomic mass is 16.6. The van der Waals surface area contributed by atoms with Crippen molar-refractivity contribution in [3.63, 3.8) is 0 Å². The van der Waals surface area contributed by atoms with Gasteiger partial charge in [-0.2, -0.15) is 0 Å². The molecule has 0 fully saturated rings. The van der Waals surface area contributed by atoms with Gasteiger partial charge in [-0.15, -0.1) is 0 Å². The Balaban J connectivity index is 2.21. The maximum absolute atomic E-state index is 11.2. The summed E-state index contributed by atoms with van der Waals surface area (Å²) in [5.74, 6) is -0.542. The number of hydrogen-bond acceptors (Lipinski definition) is 6. The van der Waals surface area contributed by atoms with E-state index in [1.807, 2.05) is 0 Å². The molecule has 1 aromatic carbocycles. The van der Waals surface area contributed by atoms with Crippen LogP contribution in [0.1, 0.15) is 6.42 Å². The molecule has 0 saturated carbocycles. The number of rotatable bonds is 6. The molecule has 6 heteroatoms. The third kappa shape index (κ3) is 5.20. The summed E-state index contributed by atoms with van der Waals surface area (Å²) in [7, 11) is 1.22. The first-order valence-corrected chi connectivity index (χ1v) is 5.32. The van der Waals surface area contributed by atoms with Crippen LogP contribution in [0.5, 0.6) is 5.75 Å². The van der Waals surface area contributed by atoms with Gasteiger partial charge in [-0.25, -0.2) is 4.79 Å². The Morgan fingerprint density at radius 2 is 2.06 bits per heavy atom. The molecule has 0 spiro atoms. The first-order valence-electron chi connectivity index (χ1n) is 5.32. The van der Waals surface area contributed by atoms with E-state index in [0.29, 0.717) is 11.4 Å². The second kappa shape index (κ2) is 7.16. The molecular weight excluding hydrogens is 238 g/mol. The van der Waals surface area contributed by atoms with E-state index in [0.717, 1.165) is 0 Å². The van der Waals surface area contributed by atoms with E-state index in [1.54, 1.807) is 24.3 Å². The number of methoxy groups -OCH3 is 1. The molecule has 6 nitrogen and oxygen atoms in total. The summed E-state index contributed by atoms with van der Waals surface area (Å²) < 4.78 is 14.3. The first-order chi connectivity index (χ1) is 8.61. The number of nitrogen functional groups attached to an aromatic ring is 1. The van der Waals surface area contributed by atoms with E-state index in [1.165, 1.54) is 7.11 Å². The van der Waals surface area contributed by atoms with Crippen LogP contribution in [-0.2, 0) is 19.1 Å². The van der Waals surface area contributed by atoms with Crippen molar-refractivity contribution in [3.8, 4) is 5.75 Å². The molecule has 0 aliphatic rings. The fraction of sp³-hybridized carbons (Fsp3) is 0.333. The summed E-state index contributed by atoms with van der Waals surface area (Å²) in [6.07, 6.45) is 0.0474. The molecule has 0 unspecified atom stereocenters. The van der Waals surface area contributed by atoms with Crippen LogP contribution in [0.4, 0.5) is 5.69 Å². The average Bonchev–Trinajstić information content (AvgIpc) is 2.36.